The van der Waals surface area contributed by atoms with E-state index in [9.17, 15) is 13.2 Å². The van der Waals surface area contributed by atoms with Gasteiger partial charge in [0.15, 0.2) is 0 Å². The average Bonchev–Trinajstić information content (AvgIpc) is 2.32. The minimum atomic E-state index is -3.79. The zero-order chi connectivity index (χ0) is 14.8. The lowest BCUT2D eigenvalue weighted by molar-refractivity contribution is -0.115. The van der Waals surface area contributed by atoms with Gasteiger partial charge in [-0.3, -0.25) is 4.79 Å². The Morgan fingerprint density at radius 3 is 2.47 bits per heavy atom. The molecule has 0 aliphatic carbocycles. The summed E-state index contributed by atoms with van der Waals surface area (Å²) in [5.41, 5.74) is 2.04. The van der Waals surface area contributed by atoms with Gasteiger partial charge in [0.05, 0.1) is 9.72 Å². The summed E-state index contributed by atoms with van der Waals surface area (Å²) in [7, 11) is -3.79. The quantitative estimate of drug-likeness (QED) is 0.816. The van der Waals surface area contributed by atoms with Crippen LogP contribution in [0.15, 0.2) is 17.0 Å². The van der Waals surface area contributed by atoms with E-state index >= 15 is 0 Å². The zero-order valence-corrected chi connectivity index (χ0v) is 13.4. The highest BCUT2D eigenvalue weighted by Gasteiger charge is 2.17. The summed E-state index contributed by atoms with van der Waals surface area (Å²) < 4.78 is 22.8. The fraction of sp³-hybridized carbons (Fsp3) is 0.417. The van der Waals surface area contributed by atoms with Gasteiger partial charge in [-0.05, 0) is 43.5 Å². The minimum Gasteiger partial charge on any atom is -0.325 e. The normalized spacial score (nSPS) is 13.1. The number of halogens is 1. The van der Waals surface area contributed by atoms with E-state index in [4.69, 9.17) is 5.14 Å². The Balaban J connectivity index is 3.21. The molecule has 0 aliphatic rings. The van der Waals surface area contributed by atoms with Crippen LogP contribution in [0.3, 0.4) is 0 Å². The van der Waals surface area contributed by atoms with Crippen LogP contribution in [0.25, 0.3) is 0 Å². The molecule has 1 amide bonds. The van der Waals surface area contributed by atoms with Gasteiger partial charge in [-0.25, -0.2) is 13.6 Å². The molecule has 0 heterocycles. The Morgan fingerprint density at radius 1 is 1.42 bits per heavy atom. The standard InChI is InChI=1S/C12H17BrN2O3S/c1-4-10(13)12(16)15-11-6-9(19(14,17)18)5-7(2)8(11)3/h5-6,10H,4H2,1-3H3,(H,15,16)(H2,14,17,18). The number of rotatable bonds is 4. The maximum atomic E-state index is 11.8. The molecule has 19 heavy (non-hydrogen) atoms. The van der Waals surface area contributed by atoms with Crippen molar-refractivity contribution in [1.82, 2.24) is 0 Å². The van der Waals surface area contributed by atoms with Crippen LogP contribution in [0.4, 0.5) is 5.69 Å². The predicted octanol–water partition coefficient (Wildman–Crippen LogP) is 2.06. The Morgan fingerprint density at radius 2 is 2.00 bits per heavy atom. The molecule has 0 spiro atoms. The van der Waals surface area contributed by atoms with Gasteiger partial charge < -0.3 is 5.32 Å². The first-order chi connectivity index (χ1) is 8.66. The van der Waals surface area contributed by atoms with E-state index < -0.39 is 10.0 Å². The van der Waals surface area contributed by atoms with Crippen LogP contribution in [0.2, 0.25) is 0 Å². The van der Waals surface area contributed by atoms with Gasteiger partial charge in [-0.15, -0.1) is 0 Å². The van der Waals surface area contributed by atoms with Crippen LogP contribution in [-0.4, -0.2) is 19.2 Å². The predicted molar refractivity (Wildman–Crippen MR) is 78.9 cm³/mol. The highest BCUT2D eigenvalue weighted by atomic mass is 79.9. The van der Waals surface area contributed by atoms with Crippen molar-refractivity contribution >= 4 is 37.5 Å². The topological polar surface area (TPSA) is 89.3 Å². The van der Waals surface area contributed by atoms with E-state index in [0.29, 0.717) is 12.1 Å². The second-order valence-corrected chi connectivity index (χ2v) is 6.99. The SMILES string of the molecule is CCC(Br)C(=O)Nc1cc(S(N)(=O)=O)cc(C)c1C. The van der Waals surface area contributed by atoms with Crippen LogP contribution >= 0.6 is 15.9 Å². The summed E-state index contributed by atoms with van der Waals surface area (Å²) in [5, 5.41) is 7.82. The average molecular weight is 349 g/mol. The van der Waals surface area contributed by atoms with Crippen molar-refractivity contribution in [3.05, 3.63) is 23.3 Å². The number of amides is 1. The Hall–Kier alpha value is -0.920. The van der Waals surface area contributed by atoms with E-state index in [1.54, 1.807) is 6.92 Å². The molecule has 0 bridgehead atoms. The summed E-state index contributed by atoms with van der Waals surface area (Å²) in [5.74, 6) is -0.212. The minimum absolute atomic E-state index is 0.00600. The highest BCUT2D eigenvalue weighted by Crippen LogP contribution is 2.24. The first-order valence-electron chi connectivity index (χ1n) is 5.75. The molecular weight excluding hydrogens is 332 g/mol. The van der Waals surface area contributed by atoms with Gasteiger partial charge in [0, 0.05) is 5.69 Å². The lowest BCUT2D eigenvalue weighted by atomic mass is 10.1. The Bertz CT molecular complexity index is 599. The summed E-state index contributed by atoms with van der Waals surface area (Å²) in [6, 6.07) is 2.87. The number of hydrogen-bond acceptors (Lipinski definition) is 3. The van der Waals surface area contributed by atoms with Crippen LogP contribution < -0.4 is 10.5 Å². The number of carbonyl (C=O) groups is 1. The first-order valence-corrected chi connectivity index (χ1v) is 8.22. The van der Waals surface area contributed by atoms with E-state index in [1.165, 1.54) is 12.1 Å². The number of hydrogen-bond donors (Lipinski definition) is 2. The van der Waals surface area contributed by atoms with Crippen molar-refractivity contribution in [3.63, 3.8) is 0 Å². The van der Waals surface area contributed by atoms with Gasteiger partial charge >= 0.3 is 0 Å². The number of anilines is 1. The molecule has 1 atom stereocenters. The smallest absolute Gasteiger partial charge is 0.238 e. The van der Waals surface area contributed by atoms with Gasteiger partial charge in [-0.2, -0.15) is 0 Å². The number of carbonyl (C=O) groups excluding carboxylic acids is 1. The third-order valence-electron chi connectivity index (χ3n) is 2.87. The number of benzene rings is 1. The molecule has 0 aromatic heterocycles. The molecule has 0 saturated carbocycles. The number of sulfonamides is 1. The van der Waals surface area contributed by atoms with Crippen LogP contribution in [0.5, 0.6) is 0 Å². The molecule has 0 saturated heterocycles. The maximum Gasteiger partial charge on any atom is 0.238 e. The van der Waals surface area contributed by atoms with Crippen LogP contribution in [-0.2, 0) is 14.8 Å². The summed E-state index contributed by atoms with van der Waals surface area (Å²) >= 11 is 3.25. The lowest BCUT2D eigenvalue weighted by Crippen LogP contribution is -2.23. The fourth-order valence-electron chi connectivity index (χ4n) is 1.52. The van der Waals surface area contributed by atoms with E-state index in [2.05, 4.69) is 21.2 Å². The van der Waals surface area contributed by atoms with E-state index in [0.717, 1.165) is 11.1 Å². The van der Waals surface area contributed by atoms with Gasteiger partial charge in [0.2, 0.25) is 15.9 Å². The molecule has 0 fully saturated rings. The number of nitrogens with two attached hydrogens (primary N) is 1. The molecule has 106 valence electrons. The number of alkyl halides is 1. The van der Waals surface area contributed by atoms with Crippen molar-refractivity contribution in [1.29, 1.82) is 0 Å². The first kappa shape index (κ1) is 16.1. The van der Waals surface area contributed by atoms with Crippen molar-refractivity contribution < 1.29 is 13.2 Å². The molecule has 1 unspecified atom stereocenters. The number of nitrogens with one attached hydrogen (secondary N) is 1. The van der Waals surface area contributed by atoms with Crippen molar-refractivity contribution in [3.8, 4) is 0 Å². The summed E-state index contributed by atoms with van der Waals surface area (Å²) in [6.45, 7) is 5.45. The van der Waals surface area contributed by atoms with Crippen LogP contribution in [0.1, 0.15) is 24.5 Å². The molecule has 5 nitrogen and oxygen atoms in total. The van der Waals surface area contributed by atoms with Crippen LogP contribution in [0, 0.1) is 13.8 Å². The third kappa shape index (κ3) is 4.02. The summed E-state index contributed by atoms with van der Waals surface area (Å²) in [4.78, 5) is 11.5. The zero-order valence-electron chi connectivity index (χ0n) is 11.0. The van der Waals surface area contributed by atoms with E-state index in [-0.39, 0.29) is 15.6 Å². The highest BCUT2D eigenvalue weighted by molar-refractivity contribution is 9.10. The van der Waals surface area contributed by atoms with Gasteiger partial charge in [0.25, 0.3) is 0 Å². The fourth-order valence-corrected chi connectivity index (χ4v) is 2.25. The molecule has 1 aromatic carbocycles. The van der Waals surface area contributed by atoms with E-state index in [1.807, 2.05) is 13.8 Å². The largest absolute Gasteiger partial charge is 0.325 e. The molecule has 1 aromatic rings. The Kier molecular flexibility index (Phi) is 5.11. The number of aryl methyl sites for hydroxylation is 1. The summed E-state index contributed by atoms with van der Waals surface area (Å²) in [6.07, 6.45) is 0.638. The molecular formula is C12H17BrN2O3S. The monoisotopic (exact) mass is 348 g/mol. The lowest BCUT2D eigenvalue weighted by Gasteiger charge is -2.14. The second-order valence-electron chi connectivity index (χ2n) is 4.32. The molecule has 7 heteroatoms. The van der Waals surface area contributed by atoms with Crippen molar-refractivity contribution in [2.24, 2.45) is 5.14 Å². The Labute approximate surface area is 121 Å². The second kappa shape index (κ2) is 6.02. The van der Waals surface area contributed by atoms with Crippen molar-refractivity contribution in [2.45, 2.75) is 36.9 Å². The van der Waals surface area contributed by atoms with Gasteiger partial charge in [-0.1, -0.05) is 22.9 Å². The molecule has 3 N–H and O–H groups in total. The van der Waals surface area contributed by atoms with Gasteiger partial charge in [0.1, 0.15) is 0 Å². The molecule has 0 radical (unpaired) electrons. The van der Waals surface area contributed by atoms with Crippen molar-refractivity contribution in [2.75, 3.05) is 5.32 Å². The number of primary sulfonamides is 1. The maximum absolute atomic E-state index is 11.8. The molecule has 1 rings (SSSR count). The molecule has 0 aliphatic heterocycles. The third-order valence-corrected chi connectivity index (χ3v) is 4.83.